The predicted octanol–water partition coefficient (Wildman–Crippen LogP) is 3.74. The van der Waals surface area contributed by atoms with Crippen LogP contribution < -0.4 is 5.32 Å². The Labute approximate surface area is 188 Å². The fraction of sp³-hybridized carbons (Fsp3) is 0.478. The van der Waals surface area contributed by atoms with Crippen LogP contribution in [-0.4, -0.2) is 70.5 Å². The fourth-order valence-electron chi connectivity index (χ4n) is 3.25. The van der Waals surface area contributed by atoms with E-state index >= 15 is 0 Å². The van der Waals surface area contributed by atoms with Crippen molar-refractivity contribution in [1.82, 2.24) is 4.90 Å². The Balaban J connectivity index is 2.28. The second-order valence-electron chi connectivity index (χ2n) is 7.20. The van der Waals surface area contributed by atoms with Crippen molar-refractivity contribution in [2.75, 3.05) is 59.0 Å². The lowest BCUT2D eigenvalue weighted by Gasteiger charge is -2.21. The van der Waals surface area contributed by atoms with E-state index in [1.807, 2.05) is 36.3 Å². The highest BCUT2D eigenvalue weighted by Crippen LogP contribution is 2.37. The second-order valence-corrected chi connectivity index (χ2v) is 8.08. The van der Waals surface area contributed by atoms with Crippen LogP contribution in [0.1, 0.15) is 28.4 Å². The number of nitrogens with zero attached hydrogens (tertiary/aromatic N) is 1. The van der Waals surface area contributed by atoms with Crippen molar-refractivity contribution in [1.29, 1.82) is 0 Å². The average molecular weight is 449 g/mol. The first kappa shape index (κ1) is 25.0. The van der Waals surface area contributed by atoms with Gasteiger partial charge in [0.05, 0.1) is 26.4 Å². The van der Waals surface area contributed by atoms with Crippen molar-refractivity contribution in [3.05, 3.63) is 40.3 Å². The van der Waals surface area contributed by atoms with Gasteiger partial charge >= 0.3 is 5.97 Å². The molecule has 1 aromatic heterocycles. The van der Waals surface area contributed by atoms with Crippen LogP contribution in [0.3, 0.4) is 0 Å². The Morgan fingerprint density at radius 3 is 2.32 bits per heavy atom. The van der Waals surface area contributed by atoms with Crippen LogP contribution in [0.5, 0.6) is 0 Å². The molecule has 8 heteroatoms. The number of anilines is 1. The molecule has 0 atom stereocenters. The van der Waals surface area contributed by atoms with Crippen LogP contribution in [-0.2, 0) is 19.0 Å². The summed E-state index contributed by atoms with van der Waals surface area (Å²) in [5.74, 6) is -0.642. The first-order chi connectivity index (χ1) is 14.9. The number of thiophene rings is 1. The van der Waals surface area contributed by atoms with Gasteiger partial charge in [0.2, 0.25) is 5.91 Å². The number of esters is 1. The van der Waals surface area contributed by atoms with E-state index in [1.54, 1.807) is 21.1 Å². The molecule has 170 valence electrons. The lowest BCUT2D eigenvalue weighted by Crippen LogP contribution is -2.37. The summed E-state index contributed by atoms with van der Waals surface area (Å²) in [6, 6.07) is 6.08. The minimum absolute atomic E-state index is 0.172. The van der Waals surface area contributed by atoms with Gasteiger partial charge in [0.15, 0.2) is 0 Å². The molecule has 0 aliphatic rings. The molecule has 0 spiro atoms. The molecule has 2 aromatic rings. The van der Waals surface area contributed by atoms with Crippen LogP contribution in [0, 0.1) is 13.8 Å². The maximum atomic E-state index is 12.8. The van der Waals surface area contributed by atoms with E-state index in [4.69, 9.17) is 14.2 Å². The maximum Gasteiger partial charge on any atom is 0.341 e. The lowest BCUT2D eigenvalue weighted by molar-refractivity contribution is -0.117. The Morgan fingerprint density at radius 1 is 1.06 bits per heavy atom. The van der Waals surface area contributed by atoms with Crippen molar-refractivity contribution < 1.29 is 23.8 Å². The van der Waals surface area contributed by atoms with E-state index in [0.717, 1.165) is 22.3 Å². The van der Waals surface area contributed by atoms with Crippen molar-refractivity contribution in [2.45, 2.75) is 20.8 Å². The monoisotopic (exact) mass is 448 g/mol. The molecule has 1 heterocycles. The van der Waals surface area contributed by atoms with E-state index in [2.05, 4.69) is 11.4 Å². The van der Waals surface area contributed by atoms with Gasteiger partial charge in [-0.1, -0.05) is 23.8 Å². The summed E-state index contributed by atoms with van der Waals surface area (Å²) in [5.41, 5.74) is 4.33. The van der Waals surface area contributed by atoms with E-state index in [-0.39, 0.29) is 19.1 Å². The predicted molar refractivity (Wildman–Crippen MR) is 124 cm³/mol. The Hall–Kier alpha value is -2.26. The molecule has 0 radical (unpaired) electrons. The summed E-state index contributed by atoms with van der Waals surface area (Å²) in [4.78, 5) is 27.5. The van der Waals surface area contributed by atoms with E-state index in [1.165, 1.54) is 11.3 Å². The number of aryl methyl sites for hydroxylation is 2. The van der Waals surface area contributed by atoms with E-state index in [0.29, 0.717) is 36.9 Å². The summed E-state index contributed by atoms with van der Waals surface area (Å²) in [7, 11) is 3.25. The number of benzene rings is 1. The zero-order valence-electron chi connectivity index (χ0n) is 18.9. The quantitative estimate of drug-likeness (QED) is 0.499. The van der Waals surface area contributed by atoms with Crippen molar-refractivity contribution in [3.8, 4) is 11.1 Å². The fourth-order valence-corrected chi connectivity index (χ4v) is 4.21. The minimum Gasteiger partial charge on any atom is -0.462 e. The zero-order chi connectivity index (χ0) is 22.8. The van der Waals surface area contributed by atoms with Crippen molar-refractivity contribution >= 4 is 28.2 Å². The van der Waals surface area contributed by atoms with Crippen LogP contribution in [0.2, 0.25) is 0 Å². The summed E-state index contributed by atoms with van der Waals surface area (Å²) in [6.45, 7) is 8.48. The first-order valence-corrected chi connectivity index (χ1v) is 11.2. The van der Waals surface area contributed by atoms with Gasteiger partial charge in [-0.2, -0.15) is 0 Å². The van der Waals surface area contributed by atoms with E-state index in [9.17, 15) is 9.59 Å². The smallest absolute Gasteiger partial charge is 0.341 e. The Bertz CT molecular complexity index is 873. The Kier molecular flexibility index (Phi) is 10.1. The van der Waals surface area contributed by atoms with Gasteiger partial charge in [-0.3, -0.25) is 9.69 Å². The summed E-state index contributed by atoms with van der Waals surface area (Å²) < 4.78 is 15.6. The SMILES string of the molecule is CCOC(=O)c1c(-c2ccc(C)cc2C)csc1NC(=O)CN(CCOC)CCOC. The topological polar surface area (TPSA) is 77.1 Å². The number of hydrogen-bond donors (Lipinski definition) is 1. The Morgan fingerprint density at radius 2 is 1.74 bits per heavy atom. The maximum absolute atomic E-state index is 12.8. The van der Waals surface area contributed by atoms with Crippen molar-refractivity contribution in [3.63, 3.8) is 0 Å². The standard InChI is InChI=1S/C23H32N2O5S/c1-6-30-23(27)21-19(18-8-7-16(2)13-17(18)3)15-31-22(21)24-20(26)14-25(9-11-28-4)10-12-29-5/h7-8,13,15H,6,9-12,14H2,1-5H3,(H,24,26). The molecule has 7 nitrogen and oxygen atoms in total. The normalized spacial score (nSPS) is 11.0. The van der Waals surface area contributed by atoms with Gasteiger partial charge < -0.3 is 19.5 Å². The summed E-state index contributed by atoms with van der Waals surface area (Å²) in [6.07, 6.45) is 0. The van der Waals surface area contributed by atoms with Gasteiger partial charge in [-0.25, -0.2) is 4.79 Å². The highest BCUT2D eigenvalue weighted by atomic mass is 32.1. The number of carbonyl (C=O) groups excluding carboxylic acids is 2. The molecule has 0 saturated heterocycles. The van der Waals surface area contributed by atoms with Crippen molar-refractivity contribution in [2.24, 2.45) is 0 Å². The first-order valence-electron chi connectivity index (χ1n) is 10.3. The van der Waals surface area contributed by atoms with Gasteiger partial charge in [-0.05, 0) is 31.9 Å². The molecule has 0 aliphatic heterocycles. The third kappa shape index (κ3) is 7.14. The van der Waals surface area contributed by atoms with Gasteiger partial charge in [-0.15, -0.1) is 11.3 Å². The molecule has 1 N–H and O–H groups in total. The van der Waals surface area contributed by atoms with Crippen LogP contribution in [0.4, 0.5) is 5.00 Å². The van der Waals surface area contributed by atoms with Gasteiger partial charge in [0.25, 0.3) is 0 Å². The number of carbonyl (C=O) groups is 2. The highest BCUT2D eigenvalue weighted by Gasteiger charge is 2.24. The average Bonchev–Trinajstić information content (AvgIpc) is 3.13. The van der Waals surface area contributed by atoms with Crippen LogP contribution >= 0.6 is 11.3 Å². The molecule has 0 bridgehead atoms. The molecule has 1 aromatic carbocycles. The third-order valence-corrected chi connectivity index (χ3v) is 5.68. The molecular formula is C23H32N2O5S. The molecule has 31 heavy (non-hydrogen) atoms. The molecule has 0 fully saturated rings. The number of hydrogen-bond acceptors (Lipinski definition) is 7. The molecule has 0 unspecified atom stereocenters. The number of amides is 1. The zero-order valence-corrected chi connectivity index (χ0v) is 19.8. The summed E-state index contributed by atoms with van der Waals surface area (Å²) >= 11 is 1.33. The highest BCUT2D eigenvalue weighted by molar-refractivity contribution is 7.15. The van der Waals surface area contributed by atoms with Gasteiger partial charge in [0.1, 0.15) is 10.6 Å². The van der Waals surface area contributed by atoms with Gasteiger partial charge in [0, 0.05) is 38.3 Å². The summed E-state index contributed by atoms with van der Waals surface area (Å²) in [5, 5.41) is 5.30. The lowest BCUT2D eigenvalue weighted by atomic mass is 9.97. The molecular weight excluding hydrogens is 416 g/mol. The molecule has 0 aliphatic carbocycles. The number of rotatable bonds is 12. The molecule has 2 rings (SSSR count). The second kappa shape index (κ2) is 12.6. The number of nitrogens with one attached hydrogen (secondary N) is 1. The minimum atomic E-state index is -0.440. The molecule has 1 amide bonds. The van der Waals surface area contributed by atoms with Crippen LogP contribution in [0.15, 0.2) is 23.6 Å². The number of ether oxygens (including phenoxy) is 3. The third-order valence-electron chi connectivity index (χ3n) is 4.79. The van der Waals surface area contributed by atoms with E-state index < -0.39 is 5.97 Å². The largest absolute Gasteiger partial charge is 0.462 e. The van der Waals surface area contributed by atoms with Crippen LogP contribution in [0.25, 0.3) is 11.1 Å². The molecule has 0 saturated carbocycles. The number of methoxy groups -OCH3 is 2.